The molecule has 0 amide bonds. The van der Waals surface area contributed by atoms with Gasteiger partial charge in [-0.3, -0.25) is 0 Å². The van der Waals surface area contributed by atoms with Crippen molar-refractivity contribution in [2.24, 2.45) is 0 Å². The molecule has 0 aliphatic carbocycles. The topological polar surface area (TPSA) is 36.9 Å². The lowest BCUT2D eigenvalue weighted by Crippen LogP contribution is -2.28. The fourth-order valence-corrected chi connectivity index (χ4v) is 0.884. The second kappa shape index (κ2) is 8.63. The van der Waals surface area contributed by atoms with Crippen LogP contribution in [0.2, 0.25) is 0 Å². The van der Waals surface area contributed by atoms with Crippen molar-refractivity contribution in [2.45, 2.75) is 91.6 Å². The third-order valence-electron chi connectivity index (χ3n) is 2.66. The average molecular weight is 286 g/mol. The van der Waals surface area contributed by atoms with E-state index in [0.29, 0.717) is 0 Å². The molecule has 0 aromatic rings. The Labute approximate surface area is 124 Å². The van der Waals surface area contributed by atoms with E-state index in [1.165, 1.54) is 0 Å². The van der Waals surface area contributed by atoms with Crippen LogP contribution in [0.4, 0.5) is 0 Å². The smallest absolute Gasteiger partial charge is 0.158 e. The summed E-state index contributed by atoms with van der Waals surface area (Å²) in [6.07, 6.45) is 1.88. The largest absolute Gasteiger partial charge is 0.232 e. The summed E-state index contributed by atoms with van der Waals surface area (Å²) < 4.78 is 0. The van der Waals surface area contributed by atoms with Crippen LogP contribution in [0.3, 0.4) is 0 Å². The maximum absolute atomic E-state index is 5.35. The molecule has 0 saturated heterocycles. The summed E-state index contributed by atoms with van der Waals surface area (Å²) in [5.41, 5.74) is -1.39. The van der Waals surface area contributed by atoms with E-state index in [1.807, 2.05) is 55.4 Å². The van der Waals surface area contributed by atoms with Crippen molar-refractivity contribution in [1.29, 1.82) is 0 Å². The van der Waals surface area contributed by atoms with Crippen LogP contribution < -0.4 is 0 Å². The van der Waals surface area contributed by atoms with Crippen molar-refractivity contribution >= 4 is 0 Å². The van der Waals surface area contributed by atoms with Gasteiger partial charge < -0.3 is 0 Å². The van der Waals surface area contributed by atoms with Crippen molar-refractivity contribution < 1.29 is 19.6 Å². The fraction of sp³-hybridized carbons (Fsp3) is 0.875. The molecule has 4 heteroatoms. The Morgan fingerprint density at radius 3 is 1.30 bits per heavy atom. The van der Waals surface area contributed by atoms with Gasteiger partial charge in [0.05, 0.1) is 12.2 Å². The van der Waals surface area contributed by atoms with E-state index < -0.39 is 11.2 Å². The predicted molar refractivity (Wildman–Crippen MR) is 79.8 cm³/mol. The van der Waals surface area contributed by atoms with E-state index >= 15 is 0 Å². The van der Waals surface area contributed by atoms with Crippen molar-refractivity contribution in [3.8, 4) is 11.8 Å². The number of hydrogen-bond acceptors (Lipinski definition) is 4. The Bertz CT molecular complexity index is 295. The van der Waals surface area contributed by atoms with Crippen LogP contribution in [0.1, 0.15) is 68.2 Å². The van der Waals surface area contributed by atoms with Crippen LogP contribution in [0.25, 0.3) is 0 Å². The normalized spacial score (nSPS) is 15.4. The molecule has 2 unspecified atom stereocenters. The van der Waals surface area contributed by atoms with Gasteiger partial charge in [0.1, 0.15) is 0 Å². The summed E-state index contributed by atoms with van der Waals surface area (Å²) in [5.74, 6) is 6.04. The van der Waals surface area contributed by atoms with E-state index in [9.17, 15) is 0 Å². The van der Waals surface area contributed by atoms with Crippen molar-refractivity contribution in [3.63, 3.8) is 0 Å². The zero-order valence-corrected chi connectivity index (χ0v) is 14.2. The molecular formula is C16H30O4. The lowest BCUT2D eigenvalue weighted by Gasteiger charge is -2.22. The molecular weight excluding hydrogens is 256 g/mol. The zero-order valence-electron chi connectivity index (χ0n) is 14.2. The molecule has 0 heterocycles. The van der Waals surface area contributed by atoms with E-state index in [4.69, 9.17) is 19.6 Å². The molecule has 0 saturated carbocycles. The van der Waals surface area contributed by atoms with E-state index in [0.717, 1.165) is 12.8 Å². The van der Waals surface area contributed by atoms with Crippen LogP contribution in [0, 0.1) is 11.8 Å². The highest BCUT2D eigenvalue weighted by Gasteiger charge is 2.22. The molecule has 0 aromatic carbocycles. The summed E-state index contributed by atoms with van der Waals surface area (Å²) in [6.45, 7) is 15.4. The van der Waals surface area contributed by atoms with Crippen LogP contribution in [0.5, 0.6) is 0 Å². The quantitative estimate of drug-likeness (QED) is 0.383. The van der Waals surface area contributed by atoms with E-state index in [2.05, 4.69) is 11.8 Å². The van der Waals surface area contributed by atoms with E-state index in [-0.39, 0.29) is 12.2 Å². The summed E-state index contributed by atoms with van der Waals surface area (Å²) in [7, 11) is 0. The fourth-order valence-electron chi connectivity index (χ4n) is 0.884. The predicted octanol–water partition coefficient (Wildman–Crippen LogP) is 4.04. The monoisotopic (exact) mass is 286 g/mol. The van der Waals surface area contributed by atoms with Crippen molar-refractivity contribution in [3.05, 3.63) is 0 Å². The summed E-state index contributed by atoms with van der Waals surface area (Å²) in [5, 5.41) is 0. The minimum absolute atomic E-state index is 0.0501. The number of hydrogen-bond donors (Lipinski definition) is 0. The zero-order chi connectivity index (χ0) is 15.8. The van der Waals surface area contributed by atoms with Crippen LogP contribution in [-0.4, -0.2) is 23.4 Å². The molecule has 0 radical (unpaired) electrons. The first-order valence-electron chi connectivity index (χ1n) is 7.35. The molecule has 2 atom stereocenters. The van der Waals surface area contributed by atoms with Crippen LogP contribution in [-0.2, 0) is 19.6 Å². The Morgan fingerprint density at radius 2 is 1.05 bits per heavy atom. The maximum atomic E-state index is 5.35. The molecule has 0 bridgehead atoms. The minimum Gasteiger partial charge on any atom is -0.232 e. The summed E-state index contributed by atoms with van der Waals surface area (Å²) in [6, 6.07) is 0. The van der Waals surface area contributed by atoms with Crippen LogP contribution >= 0.6 is 0 Å². The summed E-state index contributed by atoms with van der Waals surface area (Å²) >= 11 is 0. The van der Waals surface area contributed by atoms with Gasteiger partial charge in [0.25, 0.3) is 0 Å². The molecule has 0 aliphatic rings. The van der Waals surface area contributed by atoms with Gasteiger partial charge in [0.15, 0.2) is 11.2 Å². The minimum atomic E-state index is -0.694. The van der Waals surface area contributed by atoms with Gasteiger partial charge in [-0.1, -0.05) is 25.7 Å². The Balaban J connectivity index is 4.43. The van der Waals surface area contributed by atoms with Gasteiger partial charge in [-0.25, -0.2) is 19.6 Å². The second-order valence-corrected chi connectivity index (χ2v) is 6.07. The first-order chi connectivity index (χ1) is 9.12. The summed E-state index contributed by atoms with van der Waals surface area (Å²) in [4.78, 5) is 21.2. The van der Waals surface area contributed by atoms with Gasteiger partial charge in [-0.15, -0.1) is 0 Å². The molecule has 118 valence electrons. The van der Waals surface area contributed by atoms with E-state index in [1.54, 1.807) is 0 Å². The standard InChI is InChI=1S/C16H30O4/c1-9-13(3)17-19-15(5,6)11-12-16(7,8)20-18-14(4)10-2/h13-14H,9-10H2,1-8H3. The Hall–Kier alpha value is -0.600. The first kappa shape index (κ1) is 19.4. The van der Waals surface area contributed by atoms with Crippen molar-refractivity contribution in [1.82, 2.24) is 0 Å². The highest BCUT2D eigenvalue weighted by Crippen LogP contribution is 2.15. The molecule has 4 nitrogen and oxygen atoms in total. The molecule has 0 rings (SSSR count). The molecule has 0 fully saturated rings. The first-order valence-corrected chi connectivity index (χ1v) is 7.35. The SMILES string of the molecule is CCC(C)OOC(C)(C)C#CC(C)(C)OOC(C)CC. The lowest BCUT2D eigenvalue weighted by molar-refractivity contribution is -0.363. The second-order valence-electron chi connectivity index (χ2n) is 6.07. The van der Waals surface area contributed by atoms with Gasteiger partial charge in [-0.2, -0.15) is 0 Å². The molecule has 0 aromatic heterocycles. The average Bonchev–Trinajstić information content (AvgIpc) is 2.40. The molecule has 0 N–H and O–H groups in total. The lowest BCUT2D eigenvalue weighted by atomic mass is 10.1. The maximum Gasteiger partial charge on any atom is 0.158 e. The molecule has 0 spiro atoms. The highest BCUT2D eigenvalue weighted by molar-refractivity contribution is 5.17. The van der Waals surface area contributed by atoms with Gasteiger partial charge in [-0.05, 0) is 54.4 Å². The van der Waals surface area contributed by atoms with Crippen molar-refractivity contribution in [2.75, 3.05) is 0 Å². The molecule has 0 aliphatic heterocycles. The van der Waals surface area contributed by atoms with Crippen LogP contribution in [0.15, 0.2) is 0 Å². The highest BCUT2D eigenvalue weighted by atomic mass is 17.2. The third kappa shape index (κ3) is 9.33. The third-order valence-corrected chi connectivity index (χ3v) is 2.66. The molecule has 20 heavy (non-hydrogen) atoms. The van der Waals surface area contributed by atoms with Gasteiger partial charge in [0.2, 0.25) is 0 Å². The Kier molecular flexibility index (Phi) is 8.38. The number of rotatable bonds is 8. The Morgan fingerprint density at radius 1 is 0.750 bits per heavy atom. The van der Waals surface area contributed by atoms with Gasteiger partial charge in [0, 0.05) is 0 Å². The van der Waals surface area contributed by atoms with Gasteiger partial charge >= 0.3 is 0 Å².